The van der Waals surface area contributed by atoms with Gasteiger partial charge in [0, 0.05) is 24.2 Å². The molecule has 0 bridgehead atoms. The average molecular weight is 264 g/mol. The zero-order valence-corrected chi connectivity index (χ0v) is 9.45. The molecule has 0 atom stereocenters. The first-order valence-corrected chi connectivity index (χ1v) is 4.95. The molecule has 18 heavy (non-hydrogen) atoms. The van der Waals surface area contributed by atoms with Crippen molar-refractivity contribution in [3.63, 3.8) is 0 Å². The lowest BCUT2D eigenvalue weighted by molar-refractivity contribution is -0.384. The van der Waals surface area contributed by atoms with Crippen LogP contribution in [0.15, 0.2) is 18.2 Å². The van der Waals surface area contributed by atoms with Crippen LogP contribution in [0.3, 0.4) is 0 Å². The lowest BCUT2D eigenvalue weighted by Gasteiger charge is -2.12. The summed E-state index contributed by atoms with van der Waals surface area (Å²) < 4.78 is 40.7. The number of halogens is 3. The second kappa shape index (κ2) is 5.67. The summed E-state index contributed by atoms with van der Waals surface area (Å²) in [5.41, 5.74) is 0.107. The molecule has 1 N–H and O–H groups in total. The molecule has 0 aliphatic rings. The van der Waals surface area contributed by atoms with Gasteiger partial charge in [0.15, 0.2) is 6.61 Å². The van der Waals surface area contributed by atoms with Crippen molar-refractivity contribution in [2.24, 2.45) is 0 Å². The van der Waals surface area contributed by atoms with Gasteiger partial charge in [-0.15, -0.1) is 0 Å². The molecule has 0 fully saturated rings. The third-order valence-electron chi connectivity index (χ3n) is 2.01. The van der Waals surface area contributed by atoms with Crippen molar-refractivity contribution in [1.29, 1.82) is 0 Å². The number of nitro groups is 1. The zero-order valence-electron chi connectivity index (χ0n) is 9.45. The average Bonchev–Trinajstić information content (AvgIpc) is 2.26. The number of rotatable bonds is 5. The standard InChI is InChI=1S/C10H11F3N2O3/c1-14-5-7-4-8(15(16)17)2-3-9(7)18-6-10(11,12)13/h2-4,14H,5-6H2,1H3. The first kappa shape index (κ1) is 14.2. The molecular weight excluding hydrogens is 253 g/mol. The van der Waals surface area contributed by atoms with E-state index in [1.54, 1.807) is 7.05 Å². The third-order valence-corrected chi connectivity index (χ3v) is 2.01. The molecule has 100 valence electrons. The highest BCUT2D eigenvalue weighted by molar-refractivity contribution is 5.43. The van der Waals surface area contributed by atoms with Gasteiger partial charge in [-0.1, -0.05) is 0 Å². The third kappa shape index (κ3) is 4.21. The van der Waals surface area contributed by atoms with Gasteiger partial charge < -0.3 is 10.1 Å². The van der Waals surface area contributed by atoms with Gasteiger partial charge in [0.1, 0.15) is 5.75 Å². The first-order chi connectivity index (χ1) is 8.33. The highest BCUT2D eigenvalue weighted by atomic mass is 19.4. The Balaban J connectivity index is 2.92. The highest BCUT2D eigenvalue weighted by Gasteiger charge is 2.29. The van der Waals surface area contributed by atoms with E-state index < -0.39 is 17.7 Å². The molecule has 0 saturated heterocycles. The minimum atomic E-state index is -4.45. The van der Waals surface area contributed by atoms with E-state index in [1.165, 1.54) is 6.07 Å². The van der Waals surface area contributed by atoms with Crippen LogP contribution in [0.4, 0.5) is 18.9 Å². The second-order valence-electron chi connectivity index (χ2n) is 3.48. The van der Waals surface area contributed by atoms with Crippen LogP contribution < -0.4 is 10.1 Å². The molecule has 1 rings (SSSR count). The topological polar surface area (TPSA) is 64.4 Å². The molecule has 1 aromatic rings. The number of non-ortho nitro benzene ring substituents is 1. The Bertz CT molecular complexity index is 435. The summed E-state index contributed by atoms with van der Waals surface area (Å²) in [6.07, 6.45) is -4.45. The van der Waals surface area contributed by atoms with Gasteiger partial charge >= 0.3 is 6.18 Å². The van der Waals surface area contributed by atoms with Crippen molar-refractivity contribution >= 4 is 5.69 Å². The minimum Gasteiger partial charge on any atom is -0.484 e. The van der Waals surface area contributed by atoms with E-state index in [0.717, 1.165) is 12.1 Å². The van der Waals surface area contributed by atoms with Crippen molar-refractivity contribution in [2.75, 3.05) is 13.7 Å². The number of nitrogens with zero attached hydrogens (tertiary/aromatic N) is 1. The fourth-order valence-corrected chi connectivity index (χ4v) is 1.31. The minimum absolute atomic E-state index is 0.0210. The van der Waals surface area contributed by atoms with Gasteiger partial charge in [0.05, 0.1) is 4.92 Å². The molecule has 5 nitrogen and oxygen atoms in total. The molecule has 0 aromatic heterocycles. The fraction of sp³-hybridized carbons (Fsp3) is 0.400. The Morgan fingerprint density at radius 2 is 2.11 bits per heavy atom. The number of nitrogens with one attached hydrogen (secondary N) is 1. The normalized spacial score (nSPS) is 11.3. The number of nitro benzene ring substituents is 1. The maximum Gasteiger partial charge on any atom is 0.422 e. The van der Waals surface area contributed by atoms with Gasteiger partial charge in [0.2, 0.25) is 0 Å². The molecule has 0 spiro atoms. The SMILES string of the molecule is CNCc1cc([N+](=O)[O-])ccc1OCC(F)(F)F. The van der Waals surface area contributed by atoms with Crippen LogP contribution in [-0.4, -0.2) is 24.8 Å². The summed E-state index contributed by atoms with van der Waals surface area (Å²) in [4.78, 5) is 9.93. The van der Waals surface area contributed by atoms with Gasteiger partial charge in [-0.3, -0.25) is 10.1 Å². The van der Waals surface area contributed by atoms with Crippen LogP contribution >= 0.6 is 0 Å². The van der Waals surface area contributed by atoms with Gasteiger partial charge in [-0.25, -0.2) is 0 Å². The lowest BCUT2D eigenvalue weighted by atomic mass is 10.2. The molecular formula is C10H11F3N2O3. The number of ether oxygens (including phenoxy) is 1. The van der Waals surface area contributed by atoms with Crippen molar-refractivity contribution in [3.05, 3.63) is 33.9 Å². The smallest absolute Gasteiger partial charge is 0.422 e. The summed E-state index contributed by atoms with van der Waals surface area (Å²) in [5.74, 6) is -0.0210. The van der Waals surface area contributed by atoms with Crippen molar-refractivity contribution in [3.8, 4) is 5.75 Å². The van der Waals surface area contributed by atoms with Crippen molar-refractivity contribution in [2.45, 2.75) is 12.7 Å². The van der Waals surface area contributed by atoms with E-state index in [-0.39, 0.29) is 18.0 Å². The van der Waals surface area contributed by atoms with Crippen LogP contribution in [-0.2, 0) is 6.54 Å². The molecule has 0 aliphatic carbocycles. The van der Waals surface area contributed by atoms with Gasteiger partial charge in [0.25, 0.3) is 5.69 Å². The van der Waals surface area contributed by atoms with Crippen LogP contribution in [0.1, 0.15) is 5.56 Å². The lowest BCUT2D eigenvalue weighted by Crippen LogP contribution is -2.20. The predicted octanol–water partition coefficient (Wildman–Crippen LogP) is 2.26. The molecule has 0 unspecified atom stereocenters. The number of alkyl halides is 3. The predicted molar refractivity (Wildman–Crippen MR) is 57.4 cm³/mol. The van der Waals surface area contributed by atoms with E-state index in [1.807, 2.05) is 0 Å². The molecule has 0 amide bonds. The van der Waals surface area contributed by atoms with Crippen LogP contribution in [0.5, 0.6) is 5.75 Å². The first-order valence-electron chi connectivity index (χ1n) is 4.95. The Morgan fingerprint density at radius 1 is 1.44 bits per heavy atom. The quantitative estimate of drug-likeness (QED) is 0.654. The van der Waals surface area contributed by atoms with E-state index in [2.05, 4.69) is 10.1 Å². The monoisotopic (exact) mass is 264 g/mol. The summed E-state index contributed by atoms with van der Waals surface area (Å²) in [5, 5.41) is 13.3. The zero-order chi connectivity index (χ0) is 13.8. The molecule has 0 saturated carbocycles. The number of hydrogen-bond donors (Lipinski definition) is 1. The summed E-state index contributed by atoms with van der Waals surface area (Å²) in [6, 6.07) is 3.45. The molecule has 0 radical (unpaired) electrons. The summed E-state index contributed by atoms with van der Waals surface area (Å²) >= 11 is 0. The molecule has 0 heterocycles. The number of hydrogen-bond acceptors (Lipinski definition) is 4. The Hall–Kier alpha value is -1.83. The van der Waals surface area contributed by atoms with E-state index in [9.17, 15) is 23.3 Å². The van der Waals surface area contributed by atoms with E-state index in [4.69, 9.17) is 0 Å². The molecule has 1 aromatic carbocycles. The maximum atomic E-state index is 12.0. The second-order valence-corrected chi connectivity index (χ2v) is 3.48. The van der Waals surface area contributed by atoms with E-state index in [0.29, 0.717) is 5.56 Å². The Morgan fingerprint density at radius 3 is 2.61 bits per heavy atom. The van der Waals surface area contributed by atoms with Crippen molar-refractivity contribution in [1.82, 2.24) is 5.32 Å². The Kier molecular flexibility index (Phi) is 4.49. The fourth-order valence-electron chi connectivity index (χ4n) is 1.31. The van der Waals surface area contributed by atoms with Gasteiger partial charge in [-0.2, -0.15) is 13.2 Å². The Labute approximate surface area is 101 Å². The van der Waals surface area contributed by atoms with Crippen molar-refractivity contribution < 1.29 is 22.8 Å². The summed E-state index contributed by atoms with van der Waals surface area (Å²) in [7, 11) is 1.58. The molecule has 0 aliphatic heterocycles. The number of benzene rings is 1. The van der Waals surface area contributed by atoms with Gasteiger partial charge in [-0.05, 0) is 13.1 Å². The van der Waals surface area contributed by atoms with Crippen LogP contribution in [0.25, 0.3) is 0 Å². The highest BCUT2D eigenvalue weighted by Crippen LogP contribution is 2.26. The largest absolute Gasteiger partial charge is 0.484 e. The van der Waals surface area contributed by atoms with Crippen LogP contribution in [0, 0.1) is 10.1 Å². The maximum absolute atomic E-state index is 12.0. The molecule has 8 heteroatoms. The summed E-state index contributed by atoms with van der Waals surface area (Å²) in [6.45, 7) is -1.25. The van der Waals surface area contributed by atoms with Crippen LogP contribution in [0.2, 0.25) is 0 Å². The van der Waals surface area contributed by atoms with E-state index >= 15 is 0 Å².